The van der Waals surface area contributed by atoms with Gasteiger partial charge in [-0.3, -0.25) is 19.6 Å². The normalized spacial score (nSPS) is 25.8. The summed E-state index contributed by atoms with van der Waals surface area (Å²) in [6.07, 6.45) is -2.41. The zero-order valence-electron chi connectivity index (χ0n) is 50.7. The van der Waals surface area contributed by atoms with Crippen LogP contribution in [0.5, 0.6) is 5.75 Å². The van der Waals surface area contributed by atoms with Crippen molar-refractivity contribution < 1.29 is 77.9 Å². The van der Waals surface area contributed by atoms with Crippen LogP contribution < -0.4 is 26.0 Å². The fraction of sp³-hybridized carbons (Fsp3) is 0.500. The number of aliphatic carboxylic acids is 1. The van der Waals surface area contributed by atoms with Gasteiger partial charge in [0.2, 0.25) is 12.2 Å². The second kappa shape index (κ2) is 26.7. The Morgan fingerprint density at radius 3 is 2.36 bits per heavy atom. The lowest BCUT2D eigenvalue weighted by atomic mass is 9.39. The lowest BCUT2D eigenvalue weighted by Gasteiger charge is -2.68. The van der Waals surface area contributed by atoms with Gasteiger partial charge in [-0.15, -0.1) is 0 Å². The highest BCUT2D eigenvalue weighted by Crippen LogP contribution is 2.70. The fourth-order valence-corrected chi connectivity index (χ4v) is 15.7. The Morgan fingerprint density at radius 2 is 1.61 bits per heavy atom. The molecule has 26 heteroatoms. The smallest absolute Gasteiger partial charge is 0.409 e. The molecule has 4 saturated carbocycles. The van der Waals surface area contributed by atoms with Gasteiger partial charge >= 0.3 is 18.0 Å². The number of rotatable bonds is 25. The van der Waals surface area contributed by atoms with E-state index >= 15 is 0 Å². The summed E-state index contributed by atoms with van der Waals surface area (Å²) in [7, 11) is 1.55. The summed E-state index contributed by atoms with van der Waals surface area (Å²) in [5.74, 6) is -2.71. The number of aromatic nitrogens is 4. The number of pyridine rings is 1. The van der Waals surface area contributed by atoms with Crippen molar-refractivity contribution >= 4 is 68.0 Å². The number of hydrogen-bond acceptors (Lipinski definition) is 20. The van der Waals surface area contributed by atoms with Crippen LogP contribution in [-0.4, -0.2) is 177 Å². The number of aliphatic hydroxyl groups is 3. The van der Waals surface area contributed by atoms with Crippen molar-refractivity contribution in [2.45, 2.75) is 122 Å². The minimum Gasteiger partial charge on any atom is -0.479 e. The topological polar surface area (TPSA) is 342 Å². The third kappa shape index (κ3) is 13.7. The summed E-state index contributed by atoms with van der Waals surface area (Å²) in [5, 5.41) is 62.1. The first-order valence-electron chi connectivity index (χ1n) is 30.3. The van der Waals surface area contributed by atoms with Gasteiger partial charge < -0.3 is 74.8 Å². The Labute approximate surface area is 523 Å². The molecule has 9 N–H and O–H groups in total. The zero-order chi connectivity index (χ0) is 63.6. The minimum atomic E-state index is -1.93. The average molecular weight is 1260 g/mol. The molecule has 5 heterocycles. The number of hydrogen-bond donors (Lipinski definition) is 8. The molecule has 3 aromatic carbocycles. The number of carboxylic acid groups (broad SMARTS) is 2. The molecule has 6 aromatic rings. The molecule has 4 bridgehead atoms. The average Bonchev–Trinajstić information content (AvgIpc) is 0.740. The van der Waals surface area contributed by atoms with Crippen LogP contribution in [0.15, 0.2) is 79.0 Å². The van der Waals surface area contributed by atoms with E-state index in [1.165, 1.54) is 34.4 Å². The number of nitrogens with two attached hydrogens (primary N) is 1. The molecular weight excluding hydrogens is 1180 g/mol. The first kappa shape index (κ1) is 63.9. The van der Waals surface area contributed by atoms with Crippen molar-refractivity contribution in [1.29, 1.82) is 0 Å². The molecule has 25 nitrogen and oxygen atoms in total. The molecule has 6 aliphatic rings. The number of carboxylic acids is 2. The van der Waals surface area contributed by atoms with Gasteiger partial charge in [0.1, 0.15) is 36.5 Å². The highest BCUT2D eigenvalue weighted by atomic mass is 32.1. The zero-order valence-corrected chi connectivity index (χ0v) is 51.5. The van der Waals surface area contributed by atoms with Crippen LogP contribution in [0, 0.1) is 29.1 Å². The van der Waals surface area contributed by atoms with Crippen LogP contribution in [0.1, 0.15) is 95.6 Å². The van der Waals surface area contributed by atoms with Crippen molar-refractivity contribution in [1.82, 2.24) is 24.6 Å². The summed E-state index contributed by atoms with van der Waals surface area (Å²) < 4.78 is 38.1. The third-order valence-electron chi connectivity index (χ3n) is 18.1. The highest BCUT2D eigenvalue weighted by Gasteiger charge is 2.65. The Hall–Kier alpha value is -7.66. The van der Waals surface area contributed by atoms with E-state index < -0.39 is 54.6 Å². The van der Waals surface area contributed by atoms with Crippen LogP contribution in [0.4, 0.5) is 21.4 Å². The van der Waals surface area contributed by atoms with Gasteiger partial charge in [-0.25, -0.2) is 24.4 Å². The molecular formula is C64H77N9O16S. The number of fused-ring (bicyclic) bond motifs is 2. The Morgan fingerprint density at radius 1 is 0.856 bits per heavy atom. The van der Waals surface area contributed by atoms with E-state index in [2.05, 4.69) is 29.5 Å². The SMILES string of the molecule is Cc1c(-c2ccc(N3CCc4cccc(C(=O)Nc5nc6ccccc6s5)c4C3)nc2C(=O)O)cnn1CC12CC3(C)CC(CC(C)(C3)C1)C2OCCOCCOCCN(C)C(=O)OCc1ccc(O[C@@H]2O[C@H](C(=O)O)[C@@H](O)[C@H](O)[C@H]2O)c(NC(=O)CCN)c1. The molecule has 90 heavy (non-hydrogen) atoms. The molecule has 3 amide bonds. The molecule has 3 unspecified atom stereocenters. The highest BCUT2D eigenvalue weighted by molar-refractivity contribution is 7.22. The number of aromatic carboxylic acids is 1. The second-order valence-electron chi connectivity index (χ2n) is 25.2. The van der Waals surface area contributed by atoms with Crippen molar-refractivity contribution in [3.05, 3.63) is 113 Å². The van der Waals surface area contributed by atoms with Crippen molar-refractivity contribution in [2.75, 3.05) is 75.2 Å². The third-order valence-corrected chi connectivity index (χ3v) is 19.1. The number of ether oxygens (including phenoxy) is 6. The van der Waals surface area contributed by atoms with Crippen LogP contribution in [0.3, 0.4) is 0 Å². The molecule has 8 atom stereocenters. The summed E-state index contributed by atoms with van der Waals surface area (Å²) in [6.45, 7) is 9.89. The van der Waals surface area contributed by atoms with Crippen molar-refractivity contribution in [3.63, 3.8) is 0 Å². The number of carbonyl (C=O) groups excluding carboxylic acids is 3. The summed E-state index contributed by atoms with van der Waals surface area (Å²) >= 11 is 1.42. The monoisotopic (exact) mass is 1260 g/mol. The van der Waals surface area contributed by atoms with Crippen molar-refractivity contribution in [3.8, 4) is 16.9 Å². The molecule has 480 valence electrons. The molecule has 12 rings (SSSR count). The van der Waals surface area contributed by atoms with E-state index in [9.17, 15) is 49.5 Å². The van der Waals surface area contributed by atoms with Gasteiger partial charge in [0.15, 0.2) is 16.9 Å². The summed E-state index contributed by atoms with van der Waals surface area (Å²) in [5.41, 5.74) is 11.3. The van der Waals surface area contributed by atoms with Gasteiger partial charge in [-0.1, -0.05) is 55.5 Å². The number of thiazole rings is 1. The molecule has 4 aliphatic carbocycles. The molecule has 2 aliphatic heterocycles. The van der Waals surface area contributed by atoms with E-state index in [1.807, 2.05) is 71.1 Å². The maximum absolute atomic E-state index is 13.8. The van der Waals surface area contributed by atoms with E-state index in [-0.39, 0.29) is 84.7 Å². The first-order valence-corrected chi connectivity index (χ1v) is 31.1. The second-order valence-corrected chi connectivity index (χ2v) is 26.2. The lowest BCUT2D eigenvalue weighted by molar-refractivity contribution is -0.271. The van der Waals surface area contributed by atoms with Crippen LogP contribution in [0.25, 0.3) is 21.3 Å². The Balaban J connectivity index is 0.659. The molecule has 0 spiro atoms. The van der Waals surface area contributed by atoms with Crippen LogP contribution in [-0.2, 0) is 59.4 Å². The van der Waals surface area contributed by atoms with Crippen LogP contribution in [0.2, 0.25) is 0 Å². The van der Waals surface area contributed by atoms with Gasteiger partial charge in [0.05, 0.1) is 61.2 Å². The number of anilines is 3. The standard InChI is InChI=1S/C64H77N9O16S/c1-36-42(40-13-15-48(69-50(40)57(79)80)72-19-17-38-8-7-9-41(43(38)30-72)56(78)70-60-68-44-10-5-6-11-47(44)90-60)29-66-73(36)35-64-33-62(2)27-39(28-63(3,32-62)34-64)55(64)86-25-24-85-23-22-84-21-20-71(4)61(83)87-31-37-12-14-46(45(26-37)67-49(74)16-18-65)88-59-53(77)51(75)52(76)54(89-59)58(81)82/h5-15,26,29,39,51-55,59,75-77H,16-25,27-28,30-35,65H2,1-4H3,(H,67,74)(H,79,80)(H,81,82)(H,68,70,78)/t39?,51-,52-,53+,54-,55?,59+,62?,63?,64?/m0/s1. The van der Waals surface area contributed by atoms with Crippen molar-refractivity contribution in [2.24, 2.45) is 27.9 Å². The maximum atomic E-state index is 13.8. The van der Waals surface area contributed by atoms with E-state index in [0.29, 0.717) is 85.0 Å². The van der Waals surface area contributed by atoms with E-state index in [4.69, 9.17) is 44.2 Å². The number of nitrogens with zero attached hydrogens (tertiary/aromatic N) is 6. The largest absolute Gasteiger partial charge is 0.479 e. The number of benzene rings is 3. The maximum Gasteiger partial charge on any atom is 0.409 e. The summed E-state index contributed by atoms with van der Waals surface area (Å²) in [6, 6.07) is 21.5. The lowest BCUT2D eigenvalue weighted by Crippen LogP contribution is -2.64. The number of nitrogens with one attached hydrogen (secondary N) is 2. The number of carbonyl (C=O) groups is 5. The summed E-state index contributed by atoms with van der Waals surface area (Å²) in [4.78, 5) is 76.8. The van der Waals surface area contributed by atoms with E-state index in [0.717, 1.165) is 59.1 Å². The molecule has 3 aromatic heterocycles. The molecule has 0 radical (unpaired) electrons. The van der Waals surface area contributed by atoms with Crippen LogP contribution >= 0.6 is 11.3 Å². The quantitative estimate of drug-likeness (QED) is 0.0294. The minimum absolute atomic E-state index is 0.0318. The Bertz CT molecular complexity index is 3600. The van der Waals surface area contributed by atoms with E-state index in [1.54, 1.807) is 13.2 Å². The molecule has 5 fully saturated rings. The predicted octanol–water partition coefficient (Wildman–Crippen LogP) is 6.23. The van der Waals surface area contributed by atoms with Gasteiger partial charge in [0.25, 0.3) is 5.91 Å². The first-order chi connectivity index (χ1) is 43.1. The van der Waals surface area contributed by atoms with Gasteiger partial charge in [-0.05, 0) is 121 Å². The van der Waals surface area contributed by atoms with Gasteiger partial charge in [-0.2, -0.15) is 5.10 Å². The van der Waals surface area contributed by atoms with Gasteiger partial charge in [0, 0.05) is 74.0 Å². The number of likely N-dealkylation sites (N-methyl/N-ethyl adjacent to an activating group) is 1. The fourth-order valence-electron chi connectivity index (χ4n) is 14.8. The Kier molecular flexibility index (Phi) is 18.9. The molecule has 1 saturated heterocycles. The number of para-hydroxylation sites is 1. The predicted molar refractivity (Wildman–Crippen MR) is 329 cm³/mol. The number of aliphatic hydroxyl groups excluding tert-OH is 3. The number of amides is 3.